The highest BCUT2D eigenvalue weighted by atomic mass is 19.4. The van der Waals surface area contributed by atoms with Crippen LogP contribution in [0, 0.1) is 0 Å². The first kappa shape index (κ1) is 13.9. The second-order valence-corrected chi connectivity index (χ2v) is 3.85. The van der Waals surface area contributed by atoms with Crippen LogP contribution in [0.15, 0.2) is 42.6 Å². The summed E-state index contributed by atoms with van der Waals surface area (Å²) >= 11 is 0. The third kappa shape index (κ3) is 3.25. The van der Waals surface area contributed by atoms with Gasteiger partial charge in [0.25, 0.3) is 0 Å². The van der Waals surface area contributed by atoms with Crippen molar-refractivity contribution in [3.8, 4) is 5.75 Å². The monoisotopic (exact) mass is 282 g/mol. The summed E-state index contributed by atoms with van der Waals surface area (Å²) in [6.45, 7) is 0. The van der Waals surface area contributed by atoms with Gasteiger partial charge < -0.3 is 10.5 Å². The average molecular weight is 282 g/mol. The van der Waals surface area contributed by atoms with E-state index in [9.17, 15) is 18.0 Å². The Balaban J connectivity index is 2.37. The van der Waals surface area contributed by atoms with Crippen LogP contribution in [0.5, 0.6) is 5.75 Å². The smallest absolute Gasteiger partial charge is 0.405 e. The number of hydrogen-bond acceptors (Lipinski definition) is 4. The minimum atomic E-state index is -4.87. The summed E-state index contributed by atoms with van der Waals surface area (Å²) in [5, 5.41) is 0. The molecule has 0 bridgehead atoms. The van der Waals surface area contributed by atoms with Crippen LogP contribution < -0.4 is 10.5 Å². The zero-order valence-electron chi connectivity index (χ0n) is 10.0. The molecule has 0 aliphatic rings. The first-order chi connectivity index (χ1) is 9.37. The Bertz CT molecular complexity index is 624. The van der Waals surface area contributed by atoms with Crippen molar-refractivity contribution in [3.05, 3.63) is 53.9 Å². The number of para-hydroxylation sites is 1. The van der Waals surface area contributed by atoms with E-state index in [-0.39, 0.29) is 11.3 Å². The van der Waals surface area contributed by atoms with Crippen LogP contribution in [-0.2, 0) is 0 Å². The zero-order chi connectivity index (χ0) is 14.8. The lowest BCUT2D eigenvalue weighted by molar-refractivity contribution is -0.274. The van der Waals surface area contributed by atoms with Crippen LogP contribution in [0.25, 0.3) is 0 Å². The molecule has 20 heavy (non-hydrogen) atoms. The van der Waals surface area contributed by atoms with Gasteiger partial charge in [0.05, 0.1) is 17.4 Å². The van der Waals surface area contributed by atoms with E-state index in [1.165, 1.54) is 36.5 Å². The molecule has 2 rings (SSSR count). The second-order valence-electron chi connectivity index (χ2n) is 3.85. The van der Waals surface area contributed by atoms with Crippen molar-refractivity contribution in [3.63, 3.8) is 0 Å². The highest BCUT2D eigenvalue weighted by molar-refractivity contribution is 6.09. The molecule has 0 atom stereocenters. The Hall–Kier alpha value is -2.57. The lowest BCUT2D eigenvalue weighted by Gasteiger charge is -2.12. The second kappa shape index (κ2) is 5.20. The lowest BCUT2D eigenvalue weighted by Crippen LogP contribution is -2.19. The van der Waals surface area contributed by atoms with E-state index < -0.39 is 17.9 Å². The number of aromatic nitrogens is 1. The molecular formula is C13H9F3N2O2. The number of pyridine rings is 1. The standard InChI is InChI=1S/C13H9F3N2O2/c14-13(15,16)20-11-4-2-1-3-9(11)12(19)10-6-5-8(17)7-18-10/h1-7H,17H2. The van der Waals surface area contributed by atoms with Crippen molar-refractivity contribution in [2.45, 2.75) is 6.36 Å². The molecule has 2 aromatic rings. The van der Waals surface area contributed by atoms with Crippen LogP contribution in [0.2, 0.25) is 0 Å². The molecule has 104 valence electrons. The molecular weight excluding hydrogens is 273 g/mol. The van der Waals surface area contributed by atoms with Crippen molar-refractivity contribution in [1.82, 2.24) is 4.98 Å². The van der Waals surface area contributed by atoms with Crippen molar-refractivity contribution in [2.75, 3.05) is 5.73 Å². The van der Waals surface area contributed by atoms with Crippen molar-refractivity contribution < 1.29 is 22.7 Å². The van der Waals surface area contributed by atoms with E-state index in [1.54, 1.807) is 0 Å². The molecule has 0 fully saturated rings. The fourth-order valence-electron chi connectivity index (χ4n) is 1.55. The summed E-state index contributed by atoms with van der Waals surface area (Å²) in [5.41, 5.74) is 5.54. The number of nitrogens with two attached hydrogens (primary N) is 1. The summed E-state index contributed by atoms with van der Waals surface area (Å²) in [4.78, 5) is 15.9. The maximum absolute atomic E-state index is 12.3. The molecule has 1 aromatic carbocycles. The van der Waals surface area contributed by atoms with Gasteiger partial charge in [0.1, 0.15) is 11.4 Å². The molecule has 2 N–H and O–H groups in total. The van der Waals surface area contributed by atoms with E-state index >= 15 is 0 Å². The molecule has 0 unspecified atom stereocenters. The number of halogens is 3. The number of carbonyl (C=O) groups is 1. The van der Waals surface area contributed by atoms with E-state index in [1.807, 2.05) is 0 Å². The van der Waals surface area contributed by atoms with Gasteiger partial charge in [-0.1, -0.05) is 12.1 Å². The maximum Gasteiger partial charge on any atom is 0.573 e. The molecule has 0 saturated carbocycles. The van der Waals surface area contributed by atoms with Crippen LogP contribution in [0.4, 0.5) is 18.9 Å². The Kier molecular flexibility index (Phi) is 3.60. The van der Waals surface area contributed by atoms with Gasteiger partial charge in [0, 0.05) is 0 Å². The number of benzene rings is 1. The Labute approximate surface area is 112 Å². The number of ketones is 1. The van der Waals surface area contributed by atoms with Crippen LogP contribution >= 0.6 is 0 Å². The van der Waals surface area contributed by atoms with Gasteiger partial charge in [-0.25, -0.2) is 0 Å². The number of alkyl halides is 3. The van der Waals surface area contributed by atoms with Gasteiger partial charge in [0.2, 0.25) is 5.78 Å². The Morgan fingerprint density at radius 2 is 1.85 bits per heavy atom. The number of nitrogens with zero attached hydrogens (tertiary/aromatic N) is 1. The van der Waals surface area contributed by atoms with Crippen LogP contribution in [0.3, 0.4) is 0 Å². The largest absolute Gasteiger partial charge is 0.573 e. The third-order valence-electron chi connectivity index (χ3n) is 2.38. The third-order valence-corrected chi connectivity index (χ3v) is 2.38. The molecule has 0 saturated heterocycles. The molecule has 0 spiro atoms. The summed E-state index contributed by atoms with van der Waals surface area (Å²) in [5.74, 6) is -1.24. The molecule has 0 amide bonds. The van der Waals surface area contributed by atoms with Gasteiger partial charge in [-0.15, -0.1) is 13.2 Å². The van der Waals surface area contributed by atoms with Gasteiger partial charge in [-0.3, -0.25) is 9.78 Å². The van der Waals surface area contributed by atoms with Gasteiger partial charge >= 0.3 is 6.36 Å². The minimum Gasteiger partial charge on any atom is -0.405 e. The van der Waals surface area contributed by atoms with Gasteiger partial charge in [0.15, 0.2) is 0 Å². The van der Waals surface area contributed by atoms with E-state index in [0.29, 0.717) is 5.69 Å². The van der Waals surface area contributed by atoms with E-state index in [2.05, 4.69) is 9.72 Å². The molecule has 0 aliphatic heterocycles. The topological polar surface area (TPSA) is 65.2 Å². The molecule has 1 heterocycles. The van der Waals surface area contributed by atoms with Gasteiger partial charge in [-0.2, -0.15) is 0 Å². The minimum absolute atomic E-state index is 0.0163. The Morgan fingerprint density at radius 1 is 1.15 bits per heavy atom. The zero-order valence-corrected chi connectivity index (χ0v) is 10.0. The first-order valence-corrected chi connectivity index (χ1v) is 5.48. The quantitative estimate of drug-likeness (QED) is 0.879. The molecule has 7 heteroatoms. The summed E-state index contributed by atoms with van der Waals surface area (Å²) < 4.78 is 40.6. The molecule has 4 nitrogen and oxygen atoms in total. The molecule has 0 radical (unpaired) electrons. The summed E-state index contributed by atoms with van der Waals surface area (Å²) in [6.07, 6.45) is -3.62. The molecule has 0 aliphatic carbocycles. The van der Waals surface area contributed by atoms with Crippen molar-refractivity contribution in [1.29, 1.82) is 0 Å². The normalized spacial score (nSPS) is 11.2. The maximum atomic E-state index is 12.3. The van der Waals surface area contributed by atoms with E-state index in [4.69, 9.17) is 5.73 Å². The SMILES string of the molecule is Nc1ccc(C(=O)c2ccccc2OC(F)(F)F)nc1. The number of carbonyl (C=O) groups excluding carboxylic acids is 1. The fraction of sp³-hybridized carbons (Fsp3) is 0.0769. The molecule has 1 aromatic heterocycles. The van der Waals surface area contributed by atoms with E-state index in [0.717, 1.165) is 6.07 Å². The number of ether oxygens (including phenoxy) is 1. The predicted molar refractivity (Wildman–Crippen MR) is 65.2 cm³/mol. The highest BCUT2D eigenvalue weighted by Crippen LogP contribution is 2.27. The van der Waals surface area contributed by atoms with Gasteiger partial charge in [-0.05, 0) is 24.3 Å². The highest BCUT2D eigenvalue weighted by Gasteiger charge is 2.33. The number of hydrogen-bond donors (Lipinski definition) is 1. The van der Waals surface area contributed by atoms with Crippen LogP contribution in [-0.4, -0.2) is 17.1 Å². The average Bonchev–Trinajstić information content (AvgIpc) is 2.37. The first-order valence-electron chi connectivity index (χ1n) is 5.48. The van der Waals surface area contributed by atoms with Crippen molar-refractivity contribution >= 4 is 11.5 Å². The number of nitrogen functional groups attached to an aromatic ring is 1. The summed E-state index contributed by atoms with van der Waals surface area (Å²) in [7, 11) is 0. The fourth-order valence-corrected chi connectivity index (χ4v) is 1.55. The summed E-state index contributed by atoms with van der Waals surface area (Å²) in [6, 6.07) is 7.86. The predicted octanol–water partition coefficient (Wildman–Crippen LogP) is 2.79. The number of rotatable bonds is 3. The van der Waals surface area contributed by atoms with Crippen LogP contribution in [0.1, 0.15) is 16.1 Å². The Morgan fingerprint density at radius 3 is 2.45 bits per heavy atom. The number of anilines is 1. The lowest BCUT2D eigenvalue weighted by atomic mass is 10.1. The van der Waals surface area contributed by atoms with Crippen molar-refractivity contribution in [2.24, 2.45) is 0 Å².